The first-order valence-electron chi connectivity index (χ1n) is 7.98. The predicted octanol–water partition coefficient (Wildman–Crippen LogP) is 4.44. The van der Waals surface area contributed by atoms with Gasteiger partial charge in [-0.2, -0.15) is 0 Å². The Hall–Kier alpha value is -1.70. The van der Waals surface area contributed by atoms with Crippen molar-refractivity contribution in [1.29, 1.82) is 0 Å². The van der Waals surface area contributed by atoms with Crippen molar-refractivity contribution in [3.63, 3.8) is 0 Å². The van der Waals surface area contributed by atoms with Crippen molar-refractivity contribution in [2.24, 2.45) is 23.7 Å². The van der Waals surface area contributed by atoms with Crippen LogP contribution in [0.15, 0.2) is 47.6 Å². The molecule has 0 radical (unpaired) electrons. The molecule has 0 saturated carbocycles. The molecular weight excluding hydrogens is 272 g/mol. The summed E-state index contributed by atoms with van der Waals surface area (Å²) in [6.07, 6.45) is 5.58. The molecule has 0 spiro atoms. The highest BCUT2D eigenvalue weighted by Gasteiger charge is 2.46. The Morgan fingerprint density at radius 1 is 0.864 bits per heavy atom. The first kappa shape index (κ1) is 16.7. The zero-order valence-electron chi connectivity index (χ0n) is 14.1. The van der Waals surface area contributed by atoms with Crippen molar-refractivity contribution < 1.29 is 9.59 Å². The molecule has 2 aliphatic carbocycles. The maximum Gasteiger partial charge on any atom is 0.162 e. The molecule has 2 heteroatoms. The zero-order valence-corrected chi connectivity index (χ0v) is 14.1. The largest absolute Gasteiger partial charge is 0.294 e. The van der Waals surface area contributed by atoms with Gasteiger partial charge >= 0.3 is 0 Å². The van der Waals surface area contributed by atoms with Crippen LogP contribution in [0.1, 0.15) is 40.5 Å². The third-order valence-electron chi connectivity index (χ3n) is 5.26. The van der Waals surface area contributed by atoms with Crippen LogP contribution in [0.3, 0.4) is 0 Å². The summed E-state index contributed by atoms with van der Waals surface area (Å²) in [5.74, 6) is -0.256. The van der Waals surface area contributed by atoms with Crippen LogP contribution < -0.4 is 0 Å². The quantitative estimate of drug-likeness (QED) is 0.722. The minimum atomic E-state index is -0.291. The fraction of sp³-hybridized carbons (Fsp3) is 0.500. The molecule has 2 aliphatic rings. The lowest BCUT2D eigenvalue weighted by atomic mass is 9.61. The molecule has 0 N–H and O–H groups in total. The molecule has 0 aromatic carbocycles. The van der Waals surface area contributed by atoms with E-state index in [-0.39, 0.29) is 35.2 Å². The van der Waals surface area contributed by atoms with Crippen molar-refractivity contribution in [3.05, 3.63) is 47.6 Å². The Bertz CT molecular complexity index is 549. The second kappa shape index (κ2) is 6.20. The summed E-state index contributed by atoms with van der Waals surface area (Å²) in [7, 11) is 0. The lowest BCUT2D eigenvalue weighted by Crippen LogP contribution is -2.44. The van der Waals surface area contributed by atoms with Crippen molar-refractivity contribution in [2.45, 2.75) is 40.5 Å². The third-order valence-corrected chi connectivity index (χ3v) is 5.26. The van der Waals surface area contributed by atoms with Gasteiger partial charge in [0.25, 0.3) is 0 Å². The van der Waals surface area contributed by atoms with Gasteiger partial charge in [-0.25, -0.2) is 0 Å². The van der Waals surface area contributed by atoms with Crippen LogP contribution in [0.25, 0.3) is 0 Å². The number of rotatable bonds is 3. The molecule has 2 rings (SSSR count). The maximum absolute atomic E-state index is 12.8. The normalized spacial score (nSPS) is 32.4. The molecule has 0 saturated heterocycles. The lowest BCUT2D eigenvalue weighted by molar-refractivity contribution is -0.132. The average molecular weight is 298 g/mol. The molecule has 0 heterocycles. The molecule has 2 nitrogen and oxygen atoms in total. The number of hydrogen-bond acceptors (Lipinski definition) is 2. The van der Waals surface area contributed by atoms with E-state index in [0.29, 0.717) is 0 Å². The van der Waals surface area contributed by atoms with Crippen molar-refractivity contribution in [1.82, 2.24) is 0 Å². The van der Waals surface area contributed by atoms with Crippen molar-refractivity contribution in [2.75, 3.05) is 0 Å². The van der Waals surface area contributed by atoms with Crippen LogP contribution in [0.5, 0.6) is 0 Å². The maximum atomic E-state index is 12.8. The van der Waals surface area contributed by atoms with Gasteiger partial charge in [0.05, 0.1) is 0 Å². The molecule has 0 aromatic rings. The third kappa shape index (κ3) is 2.79. The highest BCUT2D eigenvalue weighted by Crippen LogP contribution is 2.44. The molecular formula is C20H26O2. The van der Waals surface area contributed by atoms with Crippen LogP contribution >= 0.6 is 0 Å². The molecule has 0 amide bonds. The number of Topliss-reactive ketones (excluding diaryl/α,β-unsaturated/α-hetero) is 2. The van der Waals surface area contributed by atoms with E-state index in [2.05, 4.69) is 13.2 Å². The molecule has 0 fully saturated rings. The Balaban J connectivity index is 2.52. The van der Waals surface area contributed by atoms with Crippen LogP contribution in [-0.4, -0.2) is 11.6 Å². The van der Waals surface area contributed by atoms with E-state index in [4.69, 9.17) is 0 Å². The summed E-state index contributed by atoms with van der Waals surface area (Å²) in [5, 5.41) is 0. The Kier molecular flexibility index (Phi) is 4.69. The summed E-state index contributed by atoms with van der Waals surface area (Å²) >= 11 is 0. The summed E-state index contributed by atoms with van der Waals surface area (Å²) in [6.45, 7) is 15.8. The van der Waals surface area contributed by atoms with E-state index < -0.39 is 0 Å². The smallest absolute Gasteiger partial charge is 0.162 e. The molecule has 4 atom stereocenters. The molecule has 0 aliphatic heterocycles. The average Bonchev–Trinajstić information content (AvgIpc) is 2.44. The van der Waals surface area contributed by atoms with Gasteiger partial charge in [0.2, 0.25) is 0 Å². The number of ketones is 2. The van der Waals surface area contributed by atoms with Crippen LogP contribution in [-0.2, 0) is 9.59 Å². The number of carbonyl (C=O) groups is 2. The van der Waals surface area contributed by atoms with E-state index in [1.165, 1.54) is 0 Å². The van der Waals surface area contributed by atoms with Gasteiger partial charge in [0.1, 0.15) is 0 Å². The number of carbonyl (C=O) groups excluding carboxylic acids is 2. The summed E-state index contributed by atoms with van der Waals surface area (Å²) in [5.41, 5.74) is 3.54. The molecule has 0 aromatic heterocycles. The summed E-state index contributed by atoms with van der Waals surface area (Å²) in [6, 6.07) is 0. The van der Waals surface area contributed by atoms with Gasteiger partial charge in [-0.15, -0.1) is 0 Å². The van der Waals surface area contributed by atoms with Gasteiger partial charge in [-0.3, -0.25) is 9.59 Å². The Morgan fingerprint density at radius 2 is 1.18 bits per heavy atom. The lowest BCUT2D eigenvalue weighted by Gasteiger charge is -2.40. The van der Waals surface area contributed by atoms with Crippen LogP contribution in [0, 0.1) is 23.7 Å². The monoisotopic (exact) mass is 298 g/mol. The first-order valence-corrected chi connectivity index (χ1v) is 7.98. The summed E-state index contributed by atoms with van der Waals surface area (Å²) in [4.78, 5) is 25.7. The fourth-order valence-electron chi connectivity index (χ4n) is 3.84. The SMILES string of the molecule is C=C(C)[C@@H]1CC=C(C)C(=O)[C@H]1[C@@H]1C(=O)C(C)=CC[C@H]1C(=C)C. The Labute approximate surface area is 133 Å². The van der Waals surface area contributed by atoms with E-state index in [1.54, 1.807) is 0 Å². The van der Waals surface area contributed by atoms with Gasteiger partial charge < -0.3 is 0 Å². The van der Waals surface area contributed by atoms with Gasteiger partial charge in [0.15, 0.2) is 11.6 Å². The van der Waals surface area contributed by atoms with E-state index in [1.807, 2.05) is 39.8 Å². The van der Waals surface area contributed by atoms with Crippen LogP contribution in [0.2, 0.25) is 0 Å². The van der Waals surface area contributed by atoms with Crippen LogP contribution in [0.4, 0.5) is 0 Å². The van der Waals surface area contributed by atoms with Crippen molar-refractivity contribution in [3.8, 4) is 0 Å². The number of hydrogen-bond donors (Lipinski definition) is 0. The van der Waals surface area contributed by atoms with Gasteiger partial charge in [0, 0.05) is 11.8 Å². The second-order valence-electron chi connectivity index (χ2n) is 6.93. The minimum Gasteiger partial charge on any atom is -0.294 e. The first-order chi connectivity index (χ1) is 10.3. The van der Waals surface area contributed by atoms with E-state index in [0.717, 1.165) is 35.1 Å². The highest BCUT2D eigenvalue weighted by molar-refractivity contribution is 6.05. The Morgan fingerprint density at radius 3 is 1.45 bits per heavy atom. The standard InChI is InChI=1S/C20H26O2/c1-11(2)15-9-7-13(5)19(21)17(15)18-16(12(3)4)10-8-14(6)20(18)22/h7-8,15-18H,1,3,9-10H2,2,4-6H3/t15-,16-,17+,18+/m0/s1. The second-order valence-corrected chi connectivity index (χ2v) is 6.93. The van der Waals surface area contributed by atoms with Gasteiger partial charge in [-0.05, 0) is 63.5 Å². The summed E-state index contributed by atoms with van der Waals surface area (Å²) < 4.78 is 0. The molecule has 0 unspecified atom stereocenters. The fourth-order valence-corrected chi connectivity index (χ4v) is 3.84. The minimum absolute atomic E-state index is 0.0536. The van der Waals surface area contributed by atoms with Gasteiger partial charge in [-0.1, -0.05) is 36.5 Å². The molecule has 0 bridgehead atoms. The zero-order chi connectivity index (χ0) is 16.6. The van der Waals surface area contributed by atoms with E-state index >= 15 is 0 Å². The topological polar surface area (TPSA) is 34.1 Å². The highest BCUT2D eigenvalue weighted by atomic mass is 16.1. The molecule has 118 valence electrons. The van der Waals surface area contributed by atoms with E-state index in [9.17, 15) is 9.59 Å². The predicted molar refractivity (Wildman–Crippen MR) is 90.4 cm³/mol. The van der Waals surface area contributed by atoms with Crippen molar-refractivity contribution >= 4 is 11.6 Å². The number of allylic oxidation sites excluding steroid dienone is 6. The molecule has 22 heavy (non-hydrogen) atoms.